The van der Waals surface area contributed by atoms with Crippen molar-refractivity contribution in [3.63, 3.8) is 0 Å². The van der Waals surface area contributed by atoms with Crippen molar-refractivity contribution in [2.75, 3.05) is 0 Å². The van der Waals surface area contributed by atoms with Gasteiger partial charge in [0, 0.05) is 0 Å². The van der Waals surface area contributed by atoms with Crippen LogP contribution in [0.1, 0.15) is 0 Å². The molecule has 202 valence electrons. The predicted octanol–water partition coefficient (Wildman–Crippen LogP) is 11.2. The maximum atomic E-state index is 2.41. The molecule has 7 aromatic rings. The highest BCUT2D eigenvalue weighted by atomic mass is 28.3. The van der Waals surface area contributed by atoms with Crippen LogP contribution in [-0.2, 0) is 0 Å². The van der Waals surface area contributed by atoms with E-state index in [0.717, 1.165) is 0 Å². The first-order chi connectivity index (χ1) is 20.5. The number of benzene rings is 7. The highest BCUT2D eigenvalue weighted by molar-refractivity contribution is 6.88. The van der Waals surface area contributed by atoms with E-state index in [4.69, 9.17) is 0 Å². The Hall–Kier alpha value is -4.72. The molecule has 0 bridgehead atoms. The van der Waals surface area contributed by atoms with Crippen molar-refractivity contribution in [3.05, 3.63) is 152 Å². The normalized spacial score (nSPS) is 11.7. The Labute approximate surface area is 249 Å². The van der Waals surface area contributed by atoms with Gasteiger partial charge in [0.15, 0.2) is 0 Å². The lowest BCUT2D eigenvalue weighted by molar-refractivity contribution is 1.60. The summed E-state index contributed by atoms with van der Waals surface area (Å²) >= 11 is 0. The lowest BCUT2D eigenvalue weighted by Gasteiger charge is -2.19. The first-order valence-electron chi connectivity index (χ1n) is 14.8. The molecule has 42 heavy (non-hydrogen) atoms. The van der Waals surface area contributed by atoms with Crippen molar-refractivity contribution in [1.82, 2.24) is 0 Å². The molecule has 0 aliphatic rings. The molecule has 1 heteroatoms. The maximum Gasteiger partial charge on any atom is 0.0776 e. The van der Waals surface area contributed by atoms with Crippen LogP contribution < -0.4 is 5.19 Å². The molecule has 0 unspecified atom stereocenters. The van der Waals surface area contributed by atoms with E-state index in [1.165, 1.54) is 71.2 Å². The molecule has 7 aromatic carbocycles. The highest BCUT2D eigenvalue weighted by Crippen LogP contribution is 2.44. The largest absolute Gasteiger partial charge is 0.0776 e. The van der Waals surface area contributed by atoms with Crippen LogP contribution in [0.4, 0.5) is 0 Å². The van der Waals surface area contributed by atoms with Gasteiger partial charge in [-0.15, -0.1) is 0 Å². The van der Waals surface area contributed by atoms with Crippen molar-refractivity contribution >= 4 is 34.8 Å². The molecule has 0 aliphatic carbocycles. The third-order valence-electron chi connectivity index (χ3n) is 8.43. The van der Waals surface area contributed by atoms with Crippen LogP contribution in [0.2, 0.25) is 19.6 Å². The first kappa shape index (κ1) is 26.2. The fourth-order valence-electron chi connectivity index (χ4n) is 6.23. The second-order valence-electron chi connectivity index (χ2n) is 12.2. The quantitative estimate of drug-likeness (QED) is 0.147. The number of fused-ring (bicyclic) bond motifs is 2. The average molecular weight is 555 g/mol. The Kier molecular flexibility index (Phi) is 6.61. The summed E-state index contributed by atoms with van der Waals surface area (Å²) in [6.45, 7) is 7.23. The van der Waals surface area contributed by atoms with Crippen molar-refractivity contribution in [2.45, 2.75) is 19.6 Å². The SMILES string of the molecule is C[Si](C)(C)c1cccc(-c2ccc(-c3c4ccccc4c(-c4cccc(-c5ccccc5)c4)c4ccccc34)cc2)c1. The minimum atomic E-state index is -1.38. The van der Waals surface area contributed by atoms with E-state index < -0.39 is 8.07 Å². The summed E-state index contributed by atoms with van der Waals surface area (Å²) in [4.78, 5) is 0. The summed E-state index contributed by atoms with van der Waals surface area (Å²) < 4.78 is 0. The van der Waals surface area contributed by atoms with Crippen LogP contribution in [-0.4, -0.2) is 8.07 Å². The minimum absolute atomic E-state index is 1.24. The second kappa shape index (κ2) is 10.6. The van der Waals surface area contributed by atoms with Gasteiger partial charge in [0.05, 0.1) is 8.07 Å². The first-order valence-corrected chi connectivity index (χ1v) is 18.3. The average Bonchev–Trinajstić information content (AvgIpc) is 3.04. The Morgan fingerprint density at radius 3 is 1.29 bits per heavy atom. The molecule has 0 spiro atoms. The zero-order chi connectivity index (χ0) is 28.7. The van der Waals surface area contributed by atoms with E-state index in [9.17, 15) is 0 Å². The molecule has 0 aromatic heterocycles. The molecule has 0 saturated carbocycles. The van der Waals surface area contributed by atoms with Gasteiger partial charge < -0.3 is 0 Å². The molecular formula is C41H34Si. The van der Waals surface area contributed by atoms with Crippen molar-refractivity contribution < 1.29 is 0 Å². The van der Waals surface area contributed by atoms with Crippen LogP contribution in [0.15, 0.2) is 152 Å². The molecule has 0 fully saturated rings. The van der Waals surface area contributed by atoms with Gasteiger partial charge in [-0.1, -0.05) is 170 Å². The van der Waals surface area contributed by atoms with Crippen LogP contribution in [0, 0.1) is 0 Å². The van der Waals surface area contributed by atoms with Crippen molar-refractivity contribution in [1.29, 1.82) is 0 Å². The molecule has 0 N–H and O–H groups in total. The molecule has 0 aliphatic heterocycles. The number of rotatable bonds is 5. The maximum absolute atomic E-state index is 2.41. The van der Waals surface area contributed by atoms with Gasteiger partial charge in [-0.05, 0) is 72.1 Å². The molecule has 0 radical (unpaired) electrons. The lowest BCUT2D eigenvalue weighted by Crippen LogP contribution is -2.37. The summed E-state index contributed by atoms with van der Waals surface area (Å²) in [5, 5.41) is 6.62. The van der Waals surface area contributed by atoms with Gasteiger partial charge in [-0.3, -0.25) is 0 Å². The smallest absolute Gasteiger partial charge is 0.0656 e. The molecule has 0 saturated heterocycles. The van der Waals surface area contributed by atoms with Crippen LogP contribution in [0.5, 0.6) is 0 Å². The van der Waals surface area contributed by atoms with E-state index in [1.807, 2.05) is 0 Å². The number of hydrogen-bond acceptors (Lipinski definition) is 0. The topological polar surface area (TPSA) is 0 Å². The van der Waals surface area contributed by atoms with E-state index in [2.05, 4.69) is 171 Å². The standard InChI is InChI=1S/C41H34Si/c1-42(2,3)35-18-12-16-33(28-35)30-23-25-31(26-24-30)40-36-19-7-9-21-38(36)41(39-22-10-8-20-37(39)40)34-17-11-15-32(27-34)29-13-5-4-6-14-29/h4-28H,1-3H3. The zero-order valence-corrected chi connectivity index (χ0v) is 25.4. The molecule has 0 atom stereocenters. The van der Waals surface area contributed by atoms with Crippen molar-refractivity contribution in [2.24, 2.45) is 0 Å². The summed E-state index contributed by atoms with van der Waals surface area (Å²) in [6, 6.07) is 55.8. The Balaban J connectivity index is 1.41. The zero-order valence-electron chi connectivity index (χ0n) is 24.4. The highest BCUT2D eigenvalue weighted by Gasteiger charge is 2.18. The molecular weight excluding hydrogens is 521 g/mol. The molecule has 0 amide bonds. The predicted molar refractivity (Wildman–Crippen MR) is 186 cm³/mol. The Morgan fingerprint density at radius 2 is 0.714 bits per heavy atom. The van der Waals surface area contributed by atoms with Crippen LogP contribution >= 0.6 is 0 Å². The van der Waals surface area contributed by atoms with Gasteiger partial charge >= 0.3 is 0 Å². The fourth-order valence-corrected chi connectivity index (χ4v) is 7.41. The molecule has 0 heterocycles. The Morgan fingerprint density at radius 1 is 0.310 bits per heavy atom. The third kappa shape index (κ3) is 4.76. The molecule has 0 nitrogen and oxygen atoms in total. The van der Waals surface area contributed by atoms with Gasteiger partial charge in [0.1, 0.15) is 0 Å². The summed E-state index contributed by atoms with van der Waals surface area (Å²) in [7, 11) is -1.38. The van der Waals surface area contributed by atoms with E-state index in [1.54, 1.807) is 0 Å². The van der Waals surface area contributed by atoms with Crippen LogP contribution in [0.3, 0.4) is 0 Å². The van der Waals surface area contributed by atoms with Gasteiger partial charge in [0.25, 0.3) is 0 Å². The summed E-state index contributed by atoms with van der Waals surface area (Å²) in [5.74, 6) is 0. The lowest BCUT2D eigenvalue weighted by atomic mass is 9.85. The van der Waals surface area contributed by atoms with E-state index in [0.29, 0.717) is 0 Å². The van der Waals surface area contributed by atoms with Crippen molar-refractivity contribution in [3.8, 4) is 44.5 Å². The van der Waals surface area contributed by atoms with Gasteiger partial charge in [-0.2, -0.15) is 0 Å². The molecule has 7 rings (SSSR count). The summed E-state index contributed by atoms with van der Waals surface area (Å²) in [5.41, 5.74) is 10.1. The minimum Gasteiger partial charge on any atom is -0.0656 e. The fraction of sp³-hybridized carbons (Fsp3) is 0.0732. The Bertz CT molecular complexity index is 1990. The third-order valence-corrected chi connectivity index (χ3v) is 10.5. The number of hydrogen-bond donors (Lipinski definition) is 0. The van der Waals surface area contributed by atoms with Gasteiger partial charge in [0.2, 0.25) is 0 Å². The second-order valence-corrected chi connectivity index (χ2v) is 17.3. The van der Waals surface area contributed by atoms with E-state index >= 15 is 0 Å². The van der Waals surface area contributed by atoms with Gasteiger partial charge in [-0.25, -0.2) is 0 Å². The monoisotopic (exact) mass is 554 g/mol. The van der Waals surface area contributed by atoms with Crippen LogP contribution in [0.25, 0.3) is 66.1 Å². The van der Waals surface area contributed by atoms with E-state index in [-0.39, 0.29) is 0 Å². The summed E-state index contributed by atoms with van der Waals surface area (Å²) in [6.07, 6.45) is 0.